The van der Waals surface area contributed by atoms with Crippen LogP contribution in [0, 0.1) is 13.8 Å². The highest BCUT2D eigenvalue weighted by Crippen LogP contribution is 2.13. The van der Waals surface area contributed by atoms with E-state index in [2.05, 4.69) is 20.6 Å². The molecule has 0 aliphatic heterocycles. The van der Waals surface area contributed by atoms with Crippen LogP contribution in [0.5, 0.6) is 0 Å². The topological polar surface area (TPSA) is 69.5 Å². The first-order valence-corrected chi connectivity index (χ1v) is 8.58. The Bertz CT molecular complexity index is 642. The Hall–Kier alpha value is -1.19. The molecule has 24 heavy (non-hydrogen) atoms. The number of halogens is 1. The molecule has 0 spiro atoms. The van der Waals surface area contributed by atoms with E-state index in [1.54, 1.807) is 11.3 Å². The van der Waals surface area contributed by atoms with Crippen LogP contribution in [0.1, 0.15) is 34.0 Å². The van der Waals surface area contributed by atoms with E-state index in [9.17, 15) is 5.11 Å². The molecule has 0 bridgehead atoms. The number of aromatic nitrogens is 1. The minimum atomic E-state index is -0.568. The zero-order valence-corrected chi connectivity index (χ0v) is 17.4. The summed E-state index contributed by atoms with van der Waals surface area (Å²) < 4.78 is 0. The van der Waals surface area contributed by atoms with E-state index in [0.29, 0.717) is 19.0 Å². The average Bonchev–Trinajstić information content (AvgIpc) is 2.96. The molecule has 5 nitrogen and oxygen atoms in total. The number of hydrogen-bond acceptors (Lipinski definition) is 4. The number of guanidine groups is 1. The molecule has 1 aromatic heterocycles. The summed E-state index contributed by atoms with van der Waals surface area (Å²) >= 11 is 1.65. The number of benzene rings is 1. The first-order valence-electron chi connectivity index (χ1n) is 7.76. The molecule has 0 aliphatic carbocycles. The summed E-state index contributed by atoms with van der Waals surface area (Å²) in [5.41, 5.74) is 2.08. The van der Waals surface area contributed by atoms with Gasteiger partial charge in [0.15, 0.2) is 5.96 Å². The van der Waals surface area contributed by atoms with Gasteiger partial charge in [0.05, 0.1) is 12.6 Å². The van der Waals surface area contributed by atoms with E-state index in [0.717, 1.165) is 17.1 Å². The van der Waals surface area contributed by atoms with Crippen molar-refractivity contribution in [2.24, 2.45) is 4.99 Å². The summed E-state index contributed by atoms with van der Waals surface area (Å²) in [5, 5.41) is 17.6. The lowest BCUT2D eigenvalue weighted by Gasteiger charge is -2.15. The standard InChI is InChI=1S/C17H24N4OS.HI/c1-4-18-17(21-11-16-19-9-13(3)23-16)20-10-15(22)14-7-5-12(2)6-8-14;/h5-9,15,22H,4,10-11H2,1-3H3,(H2,18,20,21);1H. The van der Waals surface area contributed by atoms with Crippen LogP contribution in [0.2, 0.25) is 0 Å². The molecule has 2 rings (SSSR count). The Morgan fingerprint density at radius 1 is 1.25 bits per heavy atom. The van der Waals surface area contributed by atoms with Gasteiger partial charge in [-0.1, -0.05) is 29.8 Å². The van der Waals surface area contributed by atoms with Crippen LogP contribution in [0.3, 0.4) is 0 Å². The number of thiazole rings is 1. The van der Waals surface area contributed by atoms with E-state index in [1.807, 2.05) is 51.2 Å². The fourth-order valence-electron chi connectivity index (χ4n) is 2.06. The van der Waals surface area contributed by atoms with Crippen LogP contribution in [-0.4, -0.2) is 29.1 Å². The smallest absolute Gasteiger partial charge is 0.191 e. The third kappa shape index (κ3) is 6.74. The van der Waals surface area contributed by atoms with E-state index in [1.165, 1.54) is 10.4 Å². The number of aryl methyl sites for hydroxylation is 2. The minimum absolute atomic E-state index is 0. The number of nitrogens with one attached hydrogen (secondary N) is 2. The van der Waals surface area contributed by atoms with Gasteiger partial charge in [0, 0.05) is 24.2 Å². The van der Waals surface area contributed by atoms with E-state index >= 15 is 0 Å². The van der Waals surface area contributed by atoms with Gasteiger partial charge in [-0.25, -0.2) is 9.98 Å². The van der Waals surface area contributed by atoms with Gasteiger partial charge in [-0.3, -0.25) is 0 Å². The monoisotopic (exact) mass is 460 g/mol. The summed E-state index contributed by atoms with van der Waals surface area (Å²) in [6.07, 6.45) is 1.29. The second kappa shape index (κ2) is 10.6. The Kier molecular flexibility index (Phi) is 9.24. The third-order valence-corrected chi connectivity index (χ3v) is 4.21. The molecule has 3 N–H and O–H groups in total. The van der Waals surface area contributed by atoms with Crippen molar-refractivity contribution in [2.75, 3.05) is 13.1 Å². The van der Waals surface area contributed by atoms with E-state index in [4.69, 9.17) is 0 Å². The molecule has 2 aromatic rings. The normalized spacial score (nSPS) is 12.4. The van der Waals surface area contributed by atoms with Gasteiger partial charge in [-0.15, -0.1) is 35.3 Å². The molecule has 0 amide bonds. The van der Waals surface area contributed by atoms with Crippen molar-refractivity contribution in [1.29, 1.82) is 0 Å². The molecular weight excluding hydrogens is 435 g/mol. The maximum absolute atomic E-state index is 10.3. The van der Waals surface area contributed by atoms with Crippen LogP contribution in [0.15, 0.2) is 35.5 Å². The van der Waals surface area contributed by atoms with Crippen molar-refractivity contribution < 1.29 is 5.11 Å². The highest BCUT2D eigenvalue weighted by molar-refractivity contribution is 14.0. The minimum Gasteiger partial charge on any atom is -0.387 e. The summed E-state index contributed by atoms with van der Waals surface area (Å²) in [5.74, 6) is 0.687. The predicted octanol–water partition coefficient (Wildman–Crippen LogP) is 3.17. The lowest BCUT2D eigenvalue weighted by molar-refractivity contribution is 0.181. The predicted molar refractivity (Wildman–Crippen MR) is 111 cm³/mol. The summed E-state index contributed by atoms with van der Waals surface area (Å²) in [6.45, 7) is 7.79. The van der Waals surface area contributed by atoms with Crippen LogP contribution < -0.4 is 10.6 Å². The van der Waals surface area contributed by atoms with E-state index in [-0.39, 0.29) is 24.0 Å². The molecule has 0 aliphatic rings. The maximum Gasteiger partial charge on any atom is 0.191 e. The molecule has 132 valence electrons. The molecule has 1 heterocycles. The number of nitrogens with zero attached hydrogens (tertiary/aromatic N) is 2. The zero-order valence-electron chi connectivity index (χ0n) is 14.2. The molecule has 0 saturated carbocycles. The van der Waals surface area contributed by atoms with Crippen LogP contribution in [-0.2, 0) is 6.54 Å². The number of aliphatic hydroxyl groups is 1. The van der Waals surface area contributed by atoms with Gasteiger partial charge in [0.2, 0.25) is 0 Å². The SMILES string of the molecule is CCNC(=NCc1ncc(C)s1)NCC(O)c1ccc(C)cc1.I. The highest BCUT2D eigenvalue weighted by atomic mass is 127. The van der Waals surface area contributed by atoms with Crippen molar-refractivity contribution >= 4 is 41.3 Å². The fraction of sp³-hybridized carbons (Fsp3) is 0.412. The largest absolute Gasteiger partial charge is 0.387 e. The van der Waals surface area contributed by atoms with Crippen molar-refractivity contribution in [2.45, 2.75) is 33.4 Å². The van der Waals surface area contributed by atoms with Gasteiger partial charge in [0.1, 0.15) is 5.01 Å². The van der Waals surface area contributed by atoms with E-state index < -0.39 is 6.10 Å². The van der Waals surface area contributed by atoms with Crippen LogP contribution in [0.4, 0.5) is 0 Å². The average molecular weight is 460 g/mol. The molecule has 0 fully saturated rings. The van der Waals surface area contributed by atoms with Crippen molar-refractivity contribution in [3.8, 4) is 0 Å². The quantitative estimate of drug-likeness (QED) is 0.352. The number of aliphatic imine (C=N–C) groups is 1. The molecular formula is C17H25IN4OS. The number of aliphatic hydroxyl groups excluding tert-OH is 1. The third-order valence-electron chi connectivity index (χ3n) is 3.31. The molecule has 0 saturated heterocycles. The maximum atomic E-state index is 10.3. The van der Waals surface area contributed by atoms with Gasteiger partial charge < -0.3 is 15.7 Å². The Labute approximate surface area is 164 Å². The summed E-state index contributed by atoms with van der Waals surface area (Å²) in [7, 11) is 0. The Balaban J connectivity index is 0.00000288. The van der Waals surface area contributed by atoms with Crippen molar-refractivity contribution in [1.82, 2.24) is 15.6 Å². The Morgan fingerprint density at radius 3 is 2.54 bits per heavy atom. The Morgan fingerprint density at radius 2 is 1.96 bits per heavy atom. The zero-order chi connectivity index (χ0) is 16.7. The first-order chi connectivity index (χ1) is 11.1. The van der Waals surface area contributed by atoms with Crippen LogP contribution in [0.25, 0.3) is 0 Å². The molecule has 0 radical (unpaired) electrons. The molecule has 1 aromatic carbocycles. The lowest BCUT2D eigenvalue weighted by Crippen LogP contribution is -2.39. The summed E-state index contributed by atoms with van der Waals surface area (Å²) in [4.78, 5) is 10.00. The van der Waals surface area contributed by atoms with Gasteiger partial charge in [-0.05, 0) is 26.3 Å². The second-order valence-electron chi connectivity index (χ2n) is 5.37. The van der Waals surface area contributed by atoms with Crippen molar-refractivity contribution in [3.05, 3.63) is 51.5 Å². The lowest BCUT2D eigenvalue weighted by atomic mass is 10.1. The number of rotatable bonds is 6. The van der Waals surface area contributed by atoms with Gasteiger partial charge in [-0.2, -0.15) is 0 Å². The number of hydrogen-bond donors (Lipinski definition) is 3. The molecule has 7 heteroatoms. The second-order valence-corrected chi connectivity index (χ2v) is 6.69. The van der Waals surface area contributed by atoms with Gasteiger partial charge in [0.25, 0.3) is 0 Å². The molecule has 1 unspecified atom stereocenters. The van der Waals surface area contributed by atoms with Gasteiger partial charge >= 0.3 is 0 Å². The van der Waals surface area contributed by atoms with Crippen LogP contribution >= 0.6 is 35.3 Å². The fourth-order valence-corrected chi connectivity index (χ4v) is 2.77. The van der Waals surface area contributed by atoms with Crippen molar-refractivity contribution in [3.63, 3.8) is 0 Å². The summed E-state index contributed by atoms with van der Waals surface area (Å²) in [6, 6.07) is 7.90. The first kappa shape index (κ1) is 20.9. The molecule has 1 atom stereocenters. The highest BCUT2D eigenvalue weighted by Gasteiger charge is 2.08.